The van der Waals surface area contributed by atoms with Gasteiger partial charge in [0.25, 0.3) is 0 Å². The van der Waals surface area contributed by atoms with Crippen LogP contribution in [0.1, 0.15) is 48.4 Å². The molecule has 3 heteroatoms. The van der Waals surface area contributed by atoms with Crippen molar-refractivity contribution in [2.45, 2.75) is 45.1 Å². The predicted molar refractivity (Wildman–Crippen MR) is 60.6 cm³/mol. The maximum Gasteiger partial charge on any atom is 0.198 e. The van der Waals surface area contributed by atoms with E-state index < -0.39 is 0 Å². The number of aryl methyl sites for hydroxylation is 1. The summed E-state index contributed by atoms with van der Waals surface area (Å²) in [6, 6.07) is 3.57. The fourth-order valence-electron chi connectivity index (χ4n) is 2.03. The lowest BCUT2D eigenvalue weighted by Crippen LogP contribution is -2.19. The molecule has 0 N–H and O–H groups in total. The molecule has 0 aromatic carbocycles. The molecule has 0 aliphatic carbocycles. The lowest BCUT2D eigenvalue weighted by molar-refractivity contribution is 0.0103. The number of ether oxygens (including phenoxy) is 1. The summed E-state index contributed by atoms with van der Waals surface area (Å²) in [7, 11) is 0. The quantitative estimate of drug-likeness (QED) is 0.735. The van der Waals surface area contributed by atoms with Crippen LogP contribution in [0.2, 0.25) is 0 Å². The molecule has 1 unspecified atom stereocenters. The highest BCUT2D eigenvalue weighted by Gasteiger charge is 2.17. The summed E-state index contributed by atoms with van der Waals surface area (Å²) in [5.41, 5.74) is 0. The molecule has 1 fully saturated rings. The zero-order chi connectivity index (χ0) is 11.4. The number of furan rings is 1. The topological polar surface area (TPSA) is 39.4 Å². The van der Waals surface area contributed by atoms with Crippen molar-refractivity contribution in [1.29, 1.82) is 0 Å². The van der Waals surface area contributed by atoms with Crippen LogP contribution in [-0.2, 0) is 4.74 Å². The Morgan fingerprint density at radius 3 is 2.94 bits per heavy atom. The van der Waals surface area contributed by atoms with Gasteiger partial charge in [-0.15, -0.1) is 0 Å². The van der Waals surface area contributed by atoms with Crippen molar-refractivity contribution in [1.82, 2.24) is 0 Å². The first-order valence-corrected chi connectivity index (χ1v) is 5.97. The van der Waals surface area contributed by atoms with Gasteiger partial charge < -0.3 is 9.15 Å². The predicted octanol–water partition coefficient (Wildman–Crippen LogP) is 3.12. The van der Waals surface area contributed by atoms with E-state index in [9.17, 15) is 4.79 Å². The minimum atomic E-state index is 0.0854. The first-order valence-electron chi connectivity index (χ1n) is 5.97. The van der Waals surface area contributed by atoms with E-state index in [1.807, 2.05) is 13.0 Å². The van der Waals surface area contributed by atoms with Crippen molar-refractivity contribution >= 4 is 5.78 Å². The molecular formula is C13H18O3. The SMILES string of the molecule is Cc1ccc(C(=O)CCC2CCCCO2)o1. The summed E-state index contributed by atoms with van der Waals surface area (Å²) in [5.74, 6) is 1.35. The van der Waals surface area contributed by atoms with Crippen molar-refractivity contribution in [3.8, 4) is 0 Å². The molecule has 88 valence electrons. The van der Waals surface area contributed by atoms with E-state index in [0.717, 1.165) is 31.6 Å². The van der Waals surface area contributed by atoms with Crippen molar-refractivity contribution < 1.29 is 13.9 Å². The van der Waals surface area contributed by atoms with Gasteiger partial charge in [0.1, 0.15) is 5.76 Å². The normalized spacial score (nSPS) is 20.9. The number of Topliss-reactive ketones (excluding diaryl/α,β-unsaturated/α-hetero) is 1. The van der Waals surface area contributed by atoms with Gasteiger partial charge in [-0.25, -0.2) is 0 Å². The van der Waals surface area contributed by atoms with Crippen LogP contribution in [0.25, 0.3) is 0 Å². The van der Waals surface area contributed by atoms with Crippen LogP contribution in [0.3, 0.4) is 0 Å². The summed E-state index contributed by atoms with van der Waals surface area (Å²) < 4.78 is 10.9. The van der Waals surface area contributed by atoms with Crippen LogP contribution in [0.4, 0.5) is 0 Å². The molecule has 0 amide bonds. The van der Waals surface area contributed by atoms with Gasteiger partial charge in [-0.2, -0.15) is 0 Å². The number of hydrogen-bond acceptors (Lipinski definition) is 3. The van der Waals surface area contributed by atoms with Crippen LogP contribution in [0.15, 0.2) is 16.5 Å². The lowest BCUT2D eigenvalue weighted by Gasteiger charge is -2.21. The molecule has 0 radical (unpaired) electrons. The van der Waals surface area contributed by atoms with Gasteiger partial charge in [0.2, 0.25) is 0 Å². The molecule has 0 spiro atoms. The summed E-state index contributed by atoms with van der Waals surface area (Å²) in [6.45, 7) is 2.69. The van der Waals surface area contributed by atoms with Crippen molar-refractivity contribution in [3.05, 3.63) is 23.7 Å². The fraction of sp³-hybridized carbons (Fsp3) is 0.615. The maximum absolute atomic E-state index is 11.8. The molecule has 16 heavy (non-hydrogen) atoms. The molecule has 1 aromatic rings. The van der Waals surface area contributed by atoms with Crippen molar-refractivity contribution in [3.63, 3.8) is 0 Å². The van der Waals surface area contributed by atoms with E-state index in [1.165, 1.54) is 6.42 Å². The summed E-state index contributed by atoms with van der Waals surface area (Å²) >= 11 is 0. The second-order valence-corrected chi connectivity index (χ2v) is 4.36. The third-order valence-electron chi connectivity index (χ3n) is 2.98. The van der Waals surface area contributed by atoms with Crippen molar-refractivity contribution in [2.24, 2.45) is 0 Å². The second-order valence-electron chi connectivity index (χ2n) is 4.36. The lowest BCUT2D eigenvalue weighted by atomic mass is 10.0. The Morgan fingerprint density at radius 1 is 1.44 bits per heavy atom. The van der Waals surface area contributed by atoms with Gasteiger partial charge in [-0.1, -0.05) is 0 Å². The van der Waals surface area contributed by atoms with E-state index in [1.54, 1.807) is 6.07 Å². The van der Waals surface area contributed by atoms with Crippen LogP contribution in [0, 0.1) is 6.92 Å². The fourth-order valence-corrected chi connectivity index (χ4v) is 2.03. The third kappa shape index (κ3) is 2.95. The molecule has 1 aliphatic rings. The minimum absolute atomic E-state index is 0.0854. The second kappa shape index (κ2) is 5.30. The number of ketones is 1. The van der Waals surface area contributed by atoms with Gasteiger partial charge >= 0.3 is 0 Å². The molecule has 2 heterocycles. The Labute approximate surface area is 95.8 Å². The number of rotatable bonds is 4. The van der Waals surface area contributed by atoms with Crippen molar-refractivity contribution in [2.75, 3.05) is 6.61 Å². The van der Waals surface area contributed by atoms with E-state index in [0.29, 0.717) is 12.2 Å². The van der Waals surface area contributed by atoms with Gasteiger partial charge in [0.05, 0.1) is 6.10 Å². The number of carbonyl (C=O) groups is 1. The standard InChI is InChI=1S/C13H18O3/c1-10-5-8-13(16-10)12(14)7-6-11-4-2-3-9-15-11/h5,8,11H,2-4,6-7,9H2,1H3. The minimum Gasteiger partial charge on any atom is -0.458 e. The van der Waals surface area contributed by atoms with E-state index in [4.69, 9.17) is 9.15 Å². The Morgan fingerprint density at radius 2 is 2.31 bits per heavy atom. The summed E-state index contributed by atoms with van der Waals surface area (Å²) in [6.07, 6.45) is 5.08. The third-order valence-corrected chi connectivity index (χ3v) is 2.98. The molecule has 2 rings (SSSR count). The summed E-state index contributed by atoms with van der Waals surface area (Å²) in [4.78, 5) is 11.8. The molecule has 1 atom stereocenters. The van der Waals surface area contributed by atoms with Gasteiger partial charge in [0, 0.05) is 13.0 Å². The van der Waals surface area contributed by atoms with Gasteiger partial charge in [-0.3, -0.25) is 4.79 Å². The first-order chi connectivity index (χ1) is 7.75. The average Bonchev–Trinajstić information content (AvgIpc) is 2.74. The molecule has 3 nitrogen and oxygen atoms in total. The highest BCUT2D eigenvalue weighted by Crippen LogP contribution is 2.18. The van der Waals surface area contributed by atoms with E-state index in [2.05, 4.69) is 0 Å². The van der Waals surface area contributed by atoms with E-state index >= 15 is 0 Å². The highest BCUT2D eigenvalue weighted by molar-refractivity contribution is 5.93. The smallest absolute Gasteiger partial charge is 0.198 e. The Hall–Kier alpha value is -1.09. The number of carbonyl (C=O) groups excluding carboxylic acids is 1. The average molecular weight is 222 g/mol. The Bertz CT molecular complexity index is 348. The zero-order valence-electron chi connectivity index (χ0n) is 9.70. The first kappa shape index (κ1) is 11.4. The van der Waals surface area contributed by atoms with Crippen LogP contribution in [0.5, 0.6) is 0 Å². The zero-order valence-corrected chi connectivity index (χ0v) is 9.70. The van der Waals surface area contributed by atoms with E-state index in [-0.39, 0.29) is 11.9 Å². The molecule has 1 aliphatic heterocycles. The molecular weight excluding hydrogens is 204 g/mol. The highest BCUT2D eigenvalue weighted by atomic mass is 16.5. The largest absolute Gasteiger partial charge is 0.458 e. The molecule has 1 saturated heterocycles. The maximum atomic E-state index is 11.8. The van der Waals surface area contributed by atoms with Crippen LogP contribution in [-0.4, -0.2) is 18.5 Å². The molecule has 0 saturated carbocycles. The van der Waals surface area contributed by atoms with Crippen LogP contribution < -0.4 is 0 Å². The van der Waals surface area contributed by atoms with Gasteiger partial charge in [0.15, 0.2) is 11.5 Å². The summed E-state index contributed by atoms with van der Waals surface area (Å²) in [5, 5.41) is 0. The molecule has 0 bridgehead atoms. The Kier molecular flexibility index (Phi) is 3.78. The number of hydrogen-bond donors (Lipinski definition) is 0. The monoisotopic (exact) mass is 222 g/mol. The van der Waals surface area contributed by atoms with Crippen LogP contribution >= 0.6 is 0 Å². The molecule has 1 aromatic heterocycles. The Balaban J connectivity index is 1.79. The van der Waals surface area contributed by atoms with Gasteiger partial charge in [-0.05, 0) is 44.7 Å².